The minimum absolute atomic E-state index is 0. The van der Waals surface area contributed by atoms with Crippen LogP contribution in [-0.2, 0) is 19.3 Å². The Hall–Kier alpha value is 0.670. The Morgan fingerprint density at radius 2 is 1.65 bits per heavy atom. The predicted octanol–water partition coefficient (Wildman–Crippen LogP) is -6.73. The normalized spacial score (nSPS) is 38.5. The van der Waals surface area contributed by atoms with Crippen LogP contribution in [0.2, 0.25) is 0 Å². The van der Waals surface area contributed by atoms with Gasteiger partial charge in [0.15, 0.2) is 6.29 Å². The predicted molar refractivity (Wildman–Crippen MR) is 44.5 cm³/mol. The first-order valence-corrected chi connectivity index (χ1v) is 5.53. The number of hydrogen-bond donors (Lipinski definition) is 4. The molecule has 1 aliphatic rings. The Balaban J connectivity index is 0.00000256. The average Bonchev–Trinajstić information content (AvgIpc) is 2.17. The Morgan fingerprint density at radius 3 is 2.12 bits per heavy atom. The second kappa shape index (κ2) is 6.73. The molecule has 17 heavy (non-hydrogen) atoms. The molecule has 4 N–H and O–H groups in total. The van der Waals surface area contributed by atoms with Crippen LogP contribution in [0.1, 0.15) is 0 Å². The molecule has 0 spiro atoms. The molecule has 0 amide bonds. The Kier molecular flexibility index (Phi) is 6.99. The van der Waals surface area contributed by atoms with Crippen LogP contribution in [0.25, 0.3) is 0 Å². The van der Waals surface area contributed by atoms with Crippen LogP contribution in [0.15, 0.2) is 0 Å². The van der Waals surface area contributed by atoms with Gasteiger partial charge in [-0.25, -0.2) is 8.42 Å². The second-order valence-electron chi connectivity index (χ2n) is 3.23. The van der Waals surface area contributed by atoms with Gasteiger partial charge in [0.25, 0.3) is 0 Å². The number of hydrogen-bond acceptors (Lipinski definition) is 9. The largest absolute Gasteiger partial charge is 1.00 e. The van der Waals surface area contributed by atoms with Gasteiger partial charge in [-0.3, -0.25) is 4.18 Å². The third-order valence-corrected chi connectivity index (χ3v) is 2.49. The molecule has 11 heteroatoms. The van der Waals surface area contributed by atoms with E-state index in [2.05, 4.69) is 8.92 Å². The van der Waals surface area contributed by atoms with Crippen LogP contribution >= 0.6 is 0 Å². The van der Waals surface area contributed by atoms with E-state index in [-0.39, 0.29) is 29.6 Å². The number of aliphatic hydroxyl groups excluding tert-OH is 4. The van der Waals surface area contributed by atoms with Gasteiger partial charge in [0.2, 0.25) is 10.4 Å². The fourth-order valence-electron chi connectivity index (χ4n) is 1.22. The molecule has 0 saturated carbocycles. The van der Waals surface area contributed by atoms with Crippen molar-refractivity contribution in [3.05, 3.63) is 0 Å². The zero-order valence-electron chi connectivity index (χ0n) is 8.83. The van der Waals surface area contributed by atoms with E-state index < -0.39 is 47.7 Å². The maximum atomic E-state index is 10.1. The molecule has 0 bridgehead atoms. The van der Waals surface area contributed by atoms with Crippen molar-refractivity contribution < 1.29 is 71.9 Å². The van der Waals surface area contributed by atoms with Gasteiger partial charge < -0.3 is 29.7 Å². The molecule has 0 aromatic carbocycles. The first kappa shape index (κ1) is 17.7. The number of rotatable bonds is 3. The summed E-state index contributed by atoms with van der Waals surface area (Å²) in [7, 11) is -4.96. The fraction of sp³-hybridized carbons (Fsp3) is 1.00. The smallest absolute Gasteiger partial charge is 0.726 e. The Bertz CT molecular complexity index is 332. The molecule has 1 fully saturated rings. The van der Waals surface area contributed by atoms with Gasteiger partial charge in [-0.1, -0.05) is 0 Å². The SMILES string of the molecule is O=S(=O)([O-])OC[C@H]1OC(O)[C@H](O)[C@H](O)[C@@H]1O.[Na+]. The summed E-state index contributed by atoms with van der Waals surface area (Å²) >= 11 is 0. The molecular weight excluding hydrogens is 271 g/mol. The summed E-state index contributed by atoms with van der Waals surface area (Å²) in [6, 6.07) is 0. The summed E-state index contributed by atoms with van der Waals surface area (Å²) in [5, 5.41) is 36.6. The quantitative estimate of drug-likeness (QED) is 0.224. The molecule has 1 aliphatic heterocycles. The molecule has 9 nitrogen and oxygen atoms in total. The second-order valence-corrected chi connectivity index (χ2v) is 4.28. The Labute approximate surface area is 119 Å². The van der Waals surface area contributed by atoms with Crippen LogP contribution in [0.3, 0.4) is 0 Å². The van der Waals surface area contributed by atoms with E-state index >= 15 is 0 Å². The molecule has 1 rings (SSSR count). The van der Waals surface area contributed by atoms with Crippen LogP contribution in [-0.4, -0.2) is 70.7 Å². The summed E-state index contributed by atoms with van der Waals surface area (Å²) in [6.07, 6.45) is -8.37. The van der Waals surface area contributed by atoms with Crippen LogP contribution in [0, 0.1) is 0 Å². The summed E-state index contributed by atoms with van der Waals surface area (Å²) < 4.78 is 38.7. The van der Waals surface area contributed by atoms with E-state index in [0.717, 1.165) is 0 Å². The zero-order valence-corrected chi connectivity index (χ0v) is 11.6. The van der Waals surface area contributed by atoms with Gasteiger partial charge in [0, 0.05) is 0 Å². The summed E-state index contributed by atoms with van der Waals surface area (Å²) in [5.41, 5.74) is 0. The van der Waals surface area contributed by atoms with E-state index in [0.29, 0.717) is 0 Å². The van der Waals surface area contributed by atoms with Gasteiger partial charge in [-0.05, 0) is 0 Å². The van der Waals surface area contributed by atoms with Gasteiger partial charge >= 0.3 is 29.6 Å². The van der Waals surface area contributed by atoms with E-state index in [9.17, 15) is 23.2 Å². The Morgan fingerprint density at radius 1 is 1.12 bits per heavy atom. The van der Waals surface area contributed by atoms with Crippen molar-refractivity contribution in [2.75, 3.05) is 6.61 Å². The summed E-state index contributed by atoms with van der Waals surface area (Å²) in [6.45, 7) is -0.867. The topological polar surface area (TPSA) is 157 Å². The van der Waals surface area contributed by atoms with E-state index in [1.165, 1.54) is 0 Å². The molecule has 0 radical (unpaired) electrons. The molecule has 96 valence electrons. The molecule has 1 heterocycles. The van der Waals surface area contributed by atoms with Crippen molar-refractivity contribution >= 4 is 10.4 Å². The van der Waals surface area contributed by atoms with E-state index in [1.807, 2.05) is 0 Å². The summed E-state index contributed by atoms with van der Waals surface area (Å²) in [5.74, 6) is 0. The first-order valence-electron chi connectivity index (χ1n) is 4.20. The van der Waals surface area contributed by atoms with Gasteiger partial charge in [0.05, 0.1) is 6.61 Å². The number of aliphatic hydroxyl groups is 4. The fourth-order valence-corrected chi connectivity index (χ4v) is 1.52. The van der Waals surface area contributed by atoms with Crippen molar-refractivity contribution in [2.45, 2.75) is 30.7 Å². The monoisotopic (exact) mass is 282 g/mol. The first-order chi connectivity index (χ1) is 7.22. The average molecular weight is 282 g/mol. The van der Waals surface area contributed by atoms with Crippen molar-refractivity contribution in [3.63, 3.8) is 0 Å². The van der Waals surface area contributed by atoms with Crippen molar-refractivity contribution in [2.24, 2.45) is 0 Å². The van der Waals surface area contributed by atoms with Crippen LogP contribution in [0.5, 0.6) is 0 Å². The molecule has 1 saturated heterocycles. The van der Waals surface area contributed by atoms with E-state index in [1.54, 1.807) is 0 Å². The summed E-state index contributed by atoms with van der Waals surface area (Å²) in [4.78, 5) is 0. The molecule has 0 aliphatic carbocycles. The number of ether oxygens (including phenoxy) is 1. The minimum atomic E-state index is -4.96. The van der Waals surface area contributed by atoms with Crippen molar-refractivity contribution in [1.29, 1.82) is 0 Å². The van der Waals surface area contributed by atoms with Gasteiger partial charge in [-0.15, -0.1) is 0 Å². The maximum Gasteiger partial charge on any atom is 1.00 e. The zero-order chi connectivity index (χ0) is 12.5. The third kappa shape index (κ3) is 5.04. The molecule has 0 aromatic heterocycles. The van der Waals surface area contributed by atoms with Crippen LogP contribution < -0.4 is 29.6 Å². The van der Waals surface area contributed by atoms with Crippen LogP contribution in [0.4, 0.5) is 0 Å². The minimum Gasteiger partial charge on any atom is -0.726 e. The maximum absolute atomic E-state index is 10.1. The van der Waals surface area contributed by atoms with Gasteiger partial charge in [0.1, 0.15) is 24.4 Å². The van der Waals surface area contributed by atoms with Crippen molar-refractivity contribution in [3.8, 4) is 0 Å². The molecule has 5 atom stereocenters. The van der Waals surface area contributed by atoms with Gasteiger partial charge in [-0.2, -0.15) is 0 Å². The standard InChI is InChI=1S/C6H12O9S.Na/c7-3-2(1-14-16(11,12)13)15-6(10)5(9)4(3)8;/h2-10H,1H2,(H,11,12,13);/q;+1/p-1/t2-,3-,4-,5-,6?;/m1./s1. The van der Waals surface area contributed by atoms with E-state index in [4.69, 9.17) is 10.2 Å². The van der Waals surface area contributed by atoms with Crippen molar-refractivity contribution in [1.82, 2.24) is 0 Å². The third-order valence-electron chi connectivity index (χ3n) is 2.06. The molecule has 1 unspecified atom stereocenters. The molecular formula is C6H11NaO9S. The molecule has 0 aromatic rings.